The largest absolute Gasteiger partial charge is 0.459 e. The lowest BCUT2D eigenvalue weighted by Gasteiger charge is -2.19. The third-order valence-corrected chi connectivity index (χ3v) is 6.24. The Morgan fingerprint density at radius 2 is 1.66 bits per heavy atom. The number of para-hydroxylation sites is 1. The lowest BCUT2D eigenvalue weighted by molar-refractivity contribution is 0.0924. The highest BCUT2D eigenvalue weighted by Gasteiger charge is 2.22. The number of carbonyl (C=O) groups excluding carboxylic acids is 1. The Morgan fingerprint density at radius 1 is 1.00 bits per heavy atom. The van der Waals surface area contributed by atoms with Gasteiger partial charge in [-0.05, 0) is 36.8 Å². The Balaban J connectivity index is 1.54. The van der Waals surface area contributed by atoms with Crippen molar-refractivity contribution in [2.24, 2.45) is 0 Å². The molecule has 0 saturated heterocycles. The summed E-state index contributed by atoms with van der Waals surface area (Å²) in [5.74, 6) is -0.649. The van der Waals surface area contributed by atoms with Gasteiger partial charge in [-0.2, -0.15) is 0 Å². The van der Waals surface area contributed by atoms with E-state index in [1.54, 1.807) is 30.3 Å². The average Bonchev–Trinajstić information content (AvgIpc) is 3.19. The monoisotopic (exact) mass is 412 g/mol. The van der Waals surface area contributed by atoms with Crippen molar-refractivity contribution in [2.45, 2.75) is 17.1 Å². The lowest BCUT2D eigenvalue weighted by Crippen LogP contribution is -2.28. The maximum Gasteiger partial charge on any atom is 0.287 e. The second-order valence-corrected chi connectivity index (χ2v) is 8.70. The zero-order chi connectivity index (χ0) is 20.7. The van der Waals surface area contributed by atoms with Gasteiger partial charge in [0.25, 0.3) is 5.91 Å². The van der Waals surface area contributed by atoms with Gasteiger partial charge in [0.1, 0.15) is 0 Å². The molecule has 0 radical (unpaired) electrons. The highest BCUT2D eigenvalue weighted by molar-refractivity contribution is 7.90. The Hall–Kier alpha value is -3.06. The molecule has 7 heteroatoms. The molecular formula is C22H24N2O4S. The van der Waals surface area contributed by atoms with Crippen molar-refractivity contribution in [2.75, 3.05) is 25.0 Å². The van der Waals surface area contributed by atoms with Crippen LogP contribution in [-0.2, 0) is 15.6 Å². The van der Waals surface area contributed by atoms with Gasteiger partial charge in [0, 0.05) is 31.4 Å². The van der Waals surface area contributed by atoms with Crippen LogP contribution in [0.3, 0.4) is 0 Å². The number of sulfone groups is 1. The van der Waals surface area contributed by atoms with Crippen LogP contribution in [0.25, 0.3) is 0 Å². The summed E-state index contributed by atoms with van der Waals surface area (Å²) in [5, 5.41) is 2.80. The van der Waals surface area contributed by atoms with Crippen molar-refractivity contribution < 1.29 is 17.6 Å². The second kappa shape index (κ2) is 9.43. The van der Waals surface area contributed by atoms with Crippen molar-refractivity contribution >= 4 is 21.4 Å². The third kappa shape index (κ3) is 5.48. The molecule has 1 N–H and O–H groups in total. The number of amides is 1. The molecule has 0 aliphatic carbocycles. The molecule has 3 aromatic rings. The molecule has 3 rings (SSSR count). The molecule has 0 unspecified atom stereocenters. The first-order chi connectivity index (χ1) is 14.0. The molecule has 0 spiro atoms. The Morgan fingerprint density at radius 3 is 2.34 bits per heavy atom. The fourth-order valence-corrected chi connectivity index (χ4v) is 4.35. The van der Waals surface area contributed by atoms with Gasteiger partial charge < -0.3 is 14.6 Å². The van der Waals surface area contributed by atoms with Crippen molar-refractivity contribution in [1.82, 2.24) is 5.32 Å². The summed E-state index contributed by atoms with van der Waals surface area (Å²) in [7, 11) is -1.56. The summed E-state index contributed by atoms with van der Waals surface area (Å²) in [6, 6.07) is 19.7. The molecule has 0 saturated carbocycles. The van der Waals surface area contributed by atoms with E-state index in [1.807, 2.05) is 37.4 Å². The van der Waals surface area contributed by atoms with E-state index in [-0.39, 0.29) is 16.4 Å². The van der Waals surface area contributed by atoms with Gasteiger partial charge in [0.2, 0.25) is 0 Å². The number of benzene rings is 2. The number of furan rings is 1. The number of anilines is 1. The maximum absolute atomic E-state index is 12.6. The smallest absolute Gasteiger partial charge is 0.287 e. The van der Waals surface area contributed by atoms with Crippen molar-refractivity contribution in [3.63, 3.8) is 0 Å². The first-order valence-electron chi connectivity index (χ1n) is 9.36. The van der Waals surface area contributed by atoms with Crippen molar-refractivity contribution in [3.8, 4) is 0 Å². The van der Waals surface area contributed by atoms with Gasteiger partial charge in [-0.15, -0.1) is 0 Å². The van der Waals surface area contributed by atoms with Crippen molar-refractivity contribution in [1.29, 1.82) is 0 Å². The topological polar surface area (TPSA) is 79.6 Å². The van der Waals surface area contributed by atoms with Gasteiger partial charge in [-0.25, -0.2) is 8.42 Å². The highest BCUT2D eigenvalue weighted by Crippen LogP contribution is 2.20. The number of nitrogens with one attached hydrogen (secondary N) is 1. The van der Waals surface area contributed by atoms with E-state index in [0.717, 1.165) is 18.7 Å². The zero-order valence-electron chi connectivity index (χ0n) is 16.2. The van der Waals surface area contributed by atoms with Crippen LogP contribution in [0.15, 0.2) is 82.3 Å². The van der Waals surface area contributed by atoms with Gasteiger partial charge in [0.05, 0.1) is 16.9 Å². The number of rotatable bonds is 9. The normalized spacial score (nSPS) is 11.2. The molecular weight excluding hydrogens is 388 g/mol. The first-order valence-corrected chi connectivity index (χ1v) is 11.0. The second-order valence-electron chi connectivity index (χ2n) is 6.71. The number of hydrogen-bond donors (Lipinski definition) is 1. The van der Waals surface area contributed by atoms with Gasteiger partial charge >= 0.3 is 0 Å². The summed E-state index contributed by atoms with van der Waals surface area (Å²) in [6.45, 7) is 1.24. The van der Waals surface area contributed by atoms with E-state index >= 15 is 0 Å². The first kappa shape index (κ1) is 20.7. The summed E-state index contributed by atoms with van der Waals surface area (Å²) >= 11 is 0. The Bertz CT molecular complexity index is 1030. The standard InChI is InChI=1S/C22H24N2O4S/c1-24(19-9-4-2-5-10-19)15-8-14-23-22(25)21-18(13-16-28-21)17-29(26,27)20-11-6-3-7-12-20/h2-7,9-13,16H,8,14-15,17H2,1H3,(H,23,25). The molecule has 1 aromatic heterocycles. The van der Waals surface area contributed by atoms with Crippen LogP contribution >= 0.6 is 0 Å². The van der Waals surface area contributed by atoms with Crippen molar-refractivity contribution in [3.05, 3.63) is 84.3 Å². The number of carbonyl (C=O) groups is 1. The van der Waals surface area contributed by atoms with E-state index in [1.165, 1.54) is 12.3 Å². The summed E-state index contributed by atoms with van der Waals surface area (Å²) in [6.07, 6.45) is 2.09. The molecule has 0 bridgehead atoms. The van der Waals surface area contributed by atoms with Crippen LogP contribution in [-0.4, -0.2) is 34.5 Å². The van der Waals surface area contributed by atoms with Crippen LogP contribution in [0.5, 0.6) is 0 Å². The molecule has 0 aliphatic heterocycles. The Labute approximate surface area is 171 Å². The maximum atomic E-state index is 12.6. The van der Waals surface area contributed by atoms with Crippen LogP contribution in [0.2, 0.25) is 0 Å². The lowest BCUT2D eigenvalue weighted by atomic mass is 10.2. The van der Waals surface area contributed by atoms with Crippen LogP contribution < -0.4 is 10.2 Å². The molecule has 6 nitrogen and oxygen atoms in total. The minimum absolute atomic E-state index is 0.0425. The van der Waals surface area contributed by atoms with Gasteiger partial charge in [-0.3, -0.25) is 4.79 Å². The summed E-state index contributed by atoms with van der Waals surface area (Å²) in [5.41, 5.74) is 1.46. The summed E-state index contributed by atoms with van der Waals surface area (Å²) < 4.78 is 30.4. The predicted molar refractivity (Wildman–Crippen MR) is 113 cm³/mol. The molecule has 0 fully saturated rings. The molecule has 0 aliphatic rings. The SMILES string of the molecule is CN(CCCNC(=O)c1occc1CS(=O)(=O)c1ccccc1)c1ccccc1. The number of nitrogens with zero attached hydrogens (tertiary/aromatic N) is 1. The molecule has 0 atom stereocenters. The highest BCUT2D eigenvalue weighted by atomic mass is 32.2. The fourth-order valence-electron chi connectivity index (χ4n) is 2.97. The molecule has 1 heterocycles. The Kier molecular flexibility index (Phi) is 6.72. The van der Waals surface area contributed by atoms with E-state index in [0.29, 0.717) is 12.1 Å². The molecule has 152 valence electrons. The molecule has 2 aromatic carbocycles. The van der Waals surface area contributed by atoms with Gasteiger partial charge in [-0.1, -0.05) is 36.4 Å². The van der Waals surface area contributed by atoms with E-state index in [4.69, 9.17) is 4.42 Å². The van der Waals surface area contributed by atoms with E-state index in [9.17, 15) is 13.2 Å². The van der Waals surface area contributed by atoms with Crippen LogP contribution in [0.1, 0.15) is 22.5 Å². The average molecular weight is 413 g/mol. The van der Waals surface area contributed by atoms with E-state index in [2.05, 4.69) is 10.2 Å². The predicted octanol–water partition coefficient (Wildman–Crippen LogP) is 3.51. The minimum Gasteiger partial charge on any atom is -0.459 e. The quantitative estimate of drug-likeness (QED) is 0.544. The molecule has 29 heavy (non-hydrogen) atoms. The van der Waals surface area contributed by atoms with Crippen LogP contribution in [0, 0.1) is 0 Å². The third-order valence-electron chi connectivity index (χ3n) is 4.55. The fraction of sp³-hybridized carbons (Fsp3) is 0.227. The minimum atomic E-state index is -3.55. The molecule has 1 amide bonds. The number of hydrogen-bond acceptors (Lipinski definition) is 5. The summed E-state index contributed by atoms with van der Waals surface area (Å²) in [4.78, 5) is 14.8. The zero-order valence-corrected chi connectivity index (χ0v) is 17.1. The van der Waals surface area contributed by atoms with Crippen LogP contribution in [0.4, 0.5) is 5.69 Å². The van der Waals surface area contributed by atoms with E-state index < -0.39 is 15.7 Å². The van der Waals surface area contributed by atoms with Gasteiger partial charge in [0.15, 0.2) is 15.6 Å².